The molecule has 0 aliphatic carbocycles. The lowest BCUT2D eigenvalue weighted by atomic mass is 10.00. The van der Waals surface area contributed by atoms with Gasteiger partial charge in [-0.2, -0.15) is 4.98 Å². The van der Waals surface area contributed by atoms with E-state index in [4.69, 9.17) is 10.5 Å². The van der Waals surface area contributed by atoms with Crippen LogP contribution in [0.25, 0.3) is 22.3 Å². The van der Waals surface area contributed by atoms with Crippen molar-refractivity contribution in [3.63, 3.8) is 0 Å². The van der Waals surface area contributed by atoms with E-state index in [0.717, 1.165) is 68.3 Å². The Labute approximate surface area is 171 Å². The summed E-state index contributed by atoms with van der Waals surface area (Å²) in [5.74, 6) is 1.06. The minimum Gasteiger partial charge on any atom is -0.379 e. The second kappa shape index (κ2) is 9.49. The third-order valence-electron chi connectivity index (χ3n) is 5.14. The molecule has 29 heavy (non-hydrogen) atoms. The van der Waals surface area contributed by atoms with E-state index in [0.29, 0.717) is 0 Å². The van der Waals surface area contributed by atoms with Crippen molar-refractivity contribution in [2.75, 3.05) is 50.4 Å². The quantitative estimate of drug-likeness (QED) is 0.602. The maximum absolute atomic E-state index is 5.86. The third-order valence-corrected chi connectivity index (χ3v) is 5.14. The van der Waals surface area contributed by atoms with E-state index >= 15 is 0 Å². The van der Waals surface area contributed by atoms with Crippen molar-refractivity contribution in [3.8, 4) is 22.3 Å². The summed E-state index contributed by atoms with van der Waals surface area (Å²) < 4.78 is 5.41. The van der Waals surface area contributed by atoms with Gasteiger partial charge in [0, 0.05) is 31.4 Å². The molecule has 0 amide bonds. The normalized spacial score (nSPS) is 14.6. The van der Waals surface area contributed by atoms with Gasteiger partial charge in [0.25, 0.3) is 0 Å². The van der Waals surface area contributed by atoms with E-state index in [2.05, 4.69) is 68.7 Å². The number of nitrogens with two attached hydrogens (primary N) is 1. The van der Waals surface area contributed by atoms with Crippen molar-refractivity contribution in [2.45, 2.75) is 6.42 Å². The van der Waals surface area contributed by atoms with Crippen molar-refractivity contribution >= 4 is 11.8 Å². The lowest BCUT2D eigenvalue weighted by Gasteiger charge is -2.26. The molecule has 4 rings (SSSR count). The molecule has 1 aromatic heterocycles. The maximum atomic E-state index is 5.86. The first-order valence-corrected chi connectivity index (χ1v) is 10.1. The van der Waals surface area contributed by atoms with Gasteiger partial charge in [0.2, 0.25) is 5.95 Å². The Hall–Kier alpha value is -2.96. The van der Waals surface area contributed by atoms with Gasteiger partial charge in [-0.1, -0.05) is 48.5 Å². The number of hydrogen-bond acceptors (Lipinski definition) is 6. The van der Waals surface area contributed by atoms with Crippen LogP contribution in [-0.4, -0.2) is 54.3 Å². The van der Waals surface area contributed by atoms with Crippen LogP contribution in [0.3, 0.4) is 0 Å². The van der Waals surface area contributed by atoms with E-state index in [-0.39, 0.29) is 5.95 Å². The van der Waals surface area contributed by atoms with Gasteiger partial charge in [-0.15, -0.1) is 0 Å². The molecule has 6 heteroatoms. The van der Waals surface area contributed by atoms with Gasteiger partial charge in [-0.25, -0.2) is 4.98 Å². The highest BCUT2D eigenvalue weighted by atomic mass is 16.5. The molecule has 0 unspecified atom stereocenters. The molecular formula is C23H27N5O. The summed E-state index contributed by atoms with van der Waals surface area (Å²) in [6.07, 6.45) is 2.84. The first-order valence-electron chi connectivity index (χ1n) is 10.1. The van der Waals surface area contributed by atoms with E-state index in [1.54, 1.807) is 6.20 Å². The molecule has 2 heterocycles. The van der Waals surface area contributed by atoms with Crippen LogP contribution in [0.1, 0.15) is 6.42 Å². The largest absolute Gasteiger partial charge is 0.379 e. The fourth-order valence-electron chi connectivity index (χ4n) is 3.57. The zero-order valence-corrected chi connectivity index (χ0v) is 16.6. The molecule has 0 radical (unpaired) electrons. The van der Waals surface area contributed by atoms with E-state index < -0.39 is 0 Å². The number of morpholine rings is 1. The molecule has 0 bridgehead atoms. The van der Waals surface area contributed by atoms with Gasteiger partial charge in [-0.3, -0.25) is 4.90 Å². The van der Waals surface area contributed by atoms with Crippen LogP contribution in [0.15, 0.2) is 60.8 Å². The minimum atomic E-state index is 0.281. The highest BCUT2D eigenvalue weighted by molar-refractivity contribution is 5.79. The molecule has 0 atom stereocenters. The summed E-state index contributed by atoms with van der Waals surface area (Å²) in [5, 5.41) is 3.46. The number of nitrogens with zero attached hydrogens (tertiary/aromatic N) is 3. The monoisotopic (exact) mass is 389 g/mol. The molecular weight excluding hydrogens is 362 g/mol. The predicted molar refractivity (Wildman–Crippen MR) is 118 cm³/mol. The van der Waals surface area contributed by atoms with Crippen molar-refractivity contribution in [1.82, 2.24) is 14.9 Å². The number of rotatable bonds is 7. The molecule has 1 aliphatic heterocycles. The summed E-state index contributed by atoms with van der Waals surface area (Å²) >= 11 is 0. The third kappa shape index (κ3) is 5.10. The topological polar surface area (TPSA) is 76.3 Å². The zero-order chi connectivity index (χ0) is 19.9. The van der Waals surface area contributed by atoms with Crippen LogP contribution in [0.5, 0.6) is 0 Å². The Morgan fingerprint density at radius 3 is 2.55 bits per heavy atom. The Kier molecular flexibility index (Phi) is 6.34. The first-order chi connectivity index (χ1) is 14.3. The average molecular weight is 390 g/mol. The smallest absolute Gasteiger partial charge is 0.221 e. The summed E-state index contributed by atoms with van der Waals surface area (Å²) in [4.78, 5) is 11.1. The summed E-state index contributed by atoms with van der Waals surface area (Å²) in [7, 11) is 0. The average Bonchev–Trinajstić information content (AvgIpc) is 2.78. The highest BCUT2D eigenvalue weighted by Gasteiger charge is 2.12. The van der Waals surface area contributed by atoms with Crippen LogP contribution in [0, 0.1) is 0 Å². The van der Waals surface area contributed by atoms with Crippen LogP contribution in [0.4, 0.5) is 11.8 Å². The second-order valence-electron chi connectivity index (χ2n) is 7.17. The number of hydrogen-bond donors (Lipinski definition) is 2. The molecule has 1 fully saturated rings. The van der Waals surface area contributed by atoms with Crippen LogP contribution in [-0.2, 0) is 4.74 Å². The van der Waals surface area contributed by atoms with Crippen molar-refractivity contribution < 1.29 is 4.74 Å². The Balaban J connectivity index is 1.48. The molecule has 3 aromatic rings. The molecule has 1 saturated heterocycles. The molecule has 150 valence electrons. The maximum Gasteiger partial charge on any atom is 0.221 e. The standard InChI is InChI=1S/C23H27N5O/c24-23-26-17-21(20-9-4-8-19(16-20)18-6-2-1-3-7-18)22(27-23)25-10-5-11-28-12-14-29-15-13-28/h1-4,6-9,16-17H,5,10-15H2,(H3,24,25,26,27). The molecule has 2 aromatic carbocycles. The Morgan fingerprint density at radius 1 is 0.966 bits per heavy atom. The van der Waals surface area contributed by atoms with Gasteiger partial charge >= 0.3 is 0 Å². The van der Waals surface area contributed by atoms with Crippen molar-refractivity contribution in [3.05, 3.63) is 60.8 Å². The lowest BCUT2D eigenvalue weighted by Crippen LogP contribution is -2.37. The van der Waals surface area contributed by atoms with Gasteiger partial charge in [0.15, 0.2) is 0 Å². The summed E-state index contributed by atoms with van der Waals surface area (Å²) in [6.45, 7) is 5.57. The molecule has 3 N–H and O–H groups in total. The van der Waals surface area contributed by atoms with Crippen LogP contribution >= 0.6 is 0 Å². The molecule has 6 nitrogen and oxygen atoms in total. The van der Waals surface area contributed by atoms with E-state index in [1.165, 1.54) is 5.56 Å². The number of anilines is 2. The highest BCUT2D eigenvalue weighted by Crippen LogP contribution is 2.30. The van der Waals surface area contributed by atoms with Gasteiger partial charge in [-0.05, 0) is 35.7 Å². The predicted octanol–water partition coefficient (Wildman–Crippen LogP) is 3.53. The van der Waals surface area contributed by atoms with Gasteiger partial charge < -0.3 is 15.8 Å². The lowest BCUT2D eigenvalue weighted by molar-refractivity contribution is 0.0378. The van der Waals surface area contributed by atoms with Gasteiger partial charge in [0.1, 0.15) is 5.82 Å². The fraction of sp³-hybridized carbons (Fsp3) is 0.304. The molecule has 0 spiro atoms. The Bertz CT molecular complexity index is 926. The number of benzene rings is 2. The van der Waals surface area contributed by atoms with Crippen molar-refractivity contribution in [2.24, 2.45) is 0 Å². The zero-order valence-electron chi connectivity index (χ0n) is 16.6. The second-order valence-corrected chi connectivity index (χ2v) is 7.17. The SMILES string of the molecule is Nc1ncc(-c2cccc(-c3ccccc3)c2)c(NCCCN2CCOCC2)n1. The summed E-state index contributed by atoms with van der Waals surface area (Å²) in [6, 6.07) is 18.8. The van der Waals surface area contributed by atoms with Crippen LogP contribution in [0.2, 0.25) is 0 Å². The van der Waals surface area contributed by atoms with E-state index in [1.807, 2.05) is 6.07 Å². The Morgan fingerprint density at radius 2 is 1.72 bits per heavy atom. The number of nitrogen functional groups attached to an aromatic ring is 1. The number of aromatic nitrogens is 2. The fourth-order valence-corrected chi connectivity index (χ4v) is 3.57. The van der Waals surface area contributed by atoms with E-state index in [9.17, 15) is 0 Å². The number of nitrogens with one attached hydrogen (secondary N) is 1. The minimum absolute atomic E-state index is 0.281. The van der Waals surface area contributed by atoms with Crippen LogP contribution < -0.4 is 11.1 Å². The molecule has 1 aliphatic rings. The summed E-state index contributed by atoms with van der Waals surface area (Å²) in [5.41, 5.74) is 10.2. The van der Waals surface area contributed by atoms with Crippen molar-refractivity contribution in [1.29, 1.82) is 0 Å². The number of ether oxygens (including phenoxy) is 1. The first kappa shape index (κ1) is 19.4. The molecule has 0 saturated carbocycles. The van der Waals surface area contributed by atoms with Gasteiger partial charge in [0.05, 0.1) is 13.2 Å².